The Labute approximate surface area is 147 Å². The summed E-state index contributed by atoms with van der Waals surface area (Å²) in [5.74, 6) is 0. The van der Waals surface area contributed by atoms with Gasteiger partial charge < -0.3 is 9.67 Å². The average Bonchev–Trinajstić information content (AvgIpc) is 3.18. The van der Waals surface area contributed by atoms with E-state index in [1.54, 1.807) is 18.7 Å². The summed E-state index contributed by atoms with van der Waals surface area (Å²) < 4.78 is 1.96. The lowest BCUT2D eigenvalue weighted by molar-refractivity contribution is 0.206. The average molecular weight is 331 g/mol. The van der Waals surface area contributed by atoms with Gasteiger partial charge in [-0.15, -0.1) is 0 Å². The molecule has 126 valence electrons. The number of hydrogen-bond donors (Lipinski definition) is 1. The van der Waals surface area contributed by atoms with E-state index in [1.165, 1.54) is 0 Å². The summed E-state index contributed by atoms with van der Waals surface area (Å²) in [5.41, 5.74) is 3.27. The van der Waals surface area contributed by atoms with Crippen LogP contribution in [0.3, 0.4) is 0 Å². The van der Waals surface area contributed by atoms with E-state index >= 15 is 0 Å². The van der Waals surface area contributed by atoms with Crippen LogP contribution in [-0.4, -0.2) is 25.7 Å². The topological polar surface area (TPSA) is 50.9 Å². The van der Waals surface area contributed by atoms with Gasteiger partial charge in [-0.1, -0.05) is 54.6 Å². The zero-order valence-electron chi connectivity index (χ0n) is 13.9. The standard InChI is InChI=1S/C21H21N3O/c25-21(11-14-24-15-13-23-17-24)10-9-19-5-3-18(4-6-19)7-8-20-2-1-12-22-16-20/h1-10,12-13,15-17,21,25H,11,14H2/b8-7+,10-9+. The maximum absolute atomic E-state index is 10.0. The van der Waals surface area contributed by atoms with Crippen molar-refractivity contribution in [3.05, 3.63) is 90.3 Å². The highest BCUT2D eigenvalue weighted by Crippen LogP contribution is 2.11. The summed E-state index contributed by atoms with van der Waals surface area (Å²) in [5, 5.41) is 10.0. The summed E-state index contributed by atoms with van der Waals surface area (Å²) in [7, 11) is 0. The van der Waals surface area contributed by atoms with E-state index < -0.39 is 6.10 Å². The Hall–Kier alpha value is -2.98. The Morgan fingerprint density at radius 2 is 1.68 bits per heavy atom. The molecule has 0 radical (unpaired) electrons. The molecule has 2 aromatic heterocycles. The van der Waals surface area contributed by atoms with Crippen molar-refractivity contribution in [1.82, 2.24) is 14.5 Å². The van der Waals surface area contributed by atoms with Gasteiger partial charge in [-0.2, -0.15) is 0 Å². The highest BCUT2D eigenvalue weighted by molar-refractivity contribution is 5.69. The minimum atomic E-state index is -0.465. The van der Waals surface area contributed by atoms with Crippen LogP contribution in [0.1, 0.15) is 23.1 Å². The van der Waals surface area contributed by atoms with Crippen molar-refractivity contribution in [3.63, 3.8) is 0 Å². The molecule has 3 aromatic rings. The molecule has 25 heavy (non-hydrogen) atoms. The fourth-order valence-corrected chi connectivity index (χ4v) is 2.40. The van der Waals surface area contributed by atoms with Crippen LogP contribution in [0.15, 0.2) is 73.6 Å². The lowest BCUT2D eigenvalue weighted by atomic mass is 10.1. The Morgan fingerprint density at radius 1 is 0.920 bits per heavy atom. The molecule has 1 atom stereocenters. The quantitative estimate of drug-likeness (QED) is 0.714. The minimum absolute atomic E-state index is 0.465. The van der Waals surface area contributed by atoms with Gasteiger partial charge in [0.05, 0.1) is 12.4 Å². The van der Waals surface area contributed by atoms with Crippen molar-refractivity contribution in [2.24, 2.45) is 0 Å². The van der Waals surface area contributed by atoms with Gasteiger partial charge in [0, 0.05) is 31.3 Å². The van der Waals surface area contributed by atoms with Gasteiger partial charge in [-0.3, -0.25) is 4.98 Å². The maximum atomic E-state index is 10.0. The van der Waals surface area contributed by atoms with Crippen LogP contribution in [0.5, 0.6) is 0 Å². The largest absolute Gasteiger partial charge is 0.389 e. The van der Waals surface area contributed by atoms with Gasteiger partial charge in [-0.25, -0.2) is 4.98 Å². The molecule has 1 aromatic carbocycles. The Morgan fingerprint density at radius 3 is 2.36 bits per heavy atom. The molecule has 0 aliphatic carbocycles. The van der Waals surface area contributed by atoms with E-state index in [9.17, 15) is 5.11 Å². The number of aryl methyl sites for hydroxylation is 1. The lowest BCUT2D eigenvalue weighted by Gasteiger charge is -2.06. The van der Waals surface area contributed by atoms with Crippen molar-refractivity contribution >= 4 is 18.2 Å². The summed E-state index contributed by atoms with van der Waals surface area (Å²) in [6.45, 7) is 0.754. The number of aromatic nitrogens is 3. The molecular formula is C21H21N3O. The van der Waals surface area contributed by atoms with Crippen LogP contribution in [0.25, 0.3) is 18.2 Å². The molecule has 0 aliphatic heterocycles. The molecule has 0 amide bonds. The molecule has 0 aliphatic rings. The van der Waals surface area contributed by atoms with Gasteiger partial charge in [-0.05, 0) is 29.2 Å². The van der Waals surface area contributed by atoms with Crippen LogP contribution in [0.4, 0.5) is 0 Å². The number of benzene rings is 1. The normalized spacial score (nSPS) is 12.8. The smallest absolute Gasteiger partial charge is 0.0945 e. The molecular weight excluding hydrogens is 310 g/mol. The second-order valence-corrected chi connectivity index (χ2v) is 5.80. The lowest BCUT2D eigenvalue weighted by Crippen LogP contribution is -2.07. The molecule has 0 bridgehead atoms. The molecule has 2 heterocycles. The predicted molar refractivity (Wildman–Crippen MR) is 101 cm³/mol. The molecule has 0 fully saturated rings. The van der Waals surface area contributed by atoms with Crippen LogP contribution in [0.2, 0.25) is 0 Å². The Bertz CT molecular complexity index is 806. The second-order valence-electron chi connectivity index (χ2n) is 5.80. The van der Waals surface area contributed by atoms with Crippen molar-refractivity contribution in [1.29, 1.82) is 0 Å². The number of aliphatic hydroxyl groups is 1. The first-order valence-electron chi connectivity index (χ1n) is 8.30. The predicted octanol–water partition coefficient (Wildman–Crippen LogP) is 3.91. The fourth-order valence-electron chi connectivity index (χ4n) is 2.40. The number of aliphatic hydroxyl groups excluding tert-OH is 1. The molecule has 4 heteroatoms. The number of hydrogen-bond acceptors (Lipinski definition) is 3. The molecule has 3 rings (SSSR count). The first-order chi connectivity index (χ1) is 12.3. The Kier molecular flexibility index (Phi) is 5.91. The molecule has 4 nitrogen and oxygen atoms in total. The van der Waals surface area contributed by atoms with Crippen molar-refractivity contribution in [2.75, 3.05) is 0 Å². The fraction of sp³-hybridized carbons (Fsp3) is 0.143. The SMILES string of the molecule is OC(/C=C/c1ccc(/C=C/c2cccnc2)cc1)CCn1ccnc1. The van der Waals surface area contributed by atoms with Crippen LogP contribution >= 0.6 is 0 Å². The van der Waals surface area contributed by atoms with Gasteiger partial charge in [0.1, 0.15) is 0 Å². The van der Waals surface area contributed by atoms with Crippen LogP contribution in [-0.2, 0) is 6.54 Å². The zero-order chi connectivity index (χ0) is 17.3. The van der Waals surface area contributed by atoms with E-state index in [2.05, 4.69) is 28.2 Å². The van der Waals surface area contributed by atoms with E-state index in [0.717, 1.165) is 23.2 Å². The maximum Gasteiger partial charge on any atom is 0.0945 e. The zero-order valence-corrected chi connectivity index (χ0v) is 13.9. The van der Waals surface area contributed by atoms with Gasteiger partial charge >= 0.3 is 0 Å². The van der Waals surface area contributed by atoms with Crippen molar-refractivity contribution < 1.29 is 5.11 Å². The highest BCUT2D eigenvalue weighted by Gasteiger charge is 1.99. The van der Waals surface area contributed by atoms with Gasteiger partial charge in [0.25, 0.3) is 0 Å². The molecule has 0 saturated carbocycles. The first kappa shape index (κ1) is 16.9. The monoisotopic (exact) mass is 331 g/mol. The first-order valence-corrected chi connectivity index (χ1v) is 8.30. The minimum Gasteiger partial charge on any atom is -0.389 e. The number of nitrogens with zero attached hydrogens (tertiary/aromatic N) is 3. The highest BCUT2D eigenvalue weighted by atomic mass is 16.3. The molecule has 1 N–H and O–H groups in total. The number of pyridine rings is 1. The third-order valence-corrected chi connectivity index (χ3v) is 3.84. The van der Waals surface area contributed by atoms with Crippen molar-refractivity contribution in [3.8, 4) is 0 Å². The van der Waals surface area contributed by atoms with Crippen LogP contribution in [0, 0.1) is 0 Å². The van der Waals surface area contributed by atoms with E-state index in [0.29, 0.717) is 6.42 Å². The van der Waals surface area contributed by atoms with Gasteiger partial charge in [0.2, 0.25) is 0 Å². The third-order valence-electron chi connectivity index (χ3n) is 3.84. The Balaban J connectivity index is 1.52. The molecule has 1 unspecified atom stereocenters. The van der Waals surface area contributed by atoms with E-state index in [1.807, 2.05) is 59.5 Å². The summed E-state index contributed by atoms with van der Waals surface area (Å²) in [4.78, 5) is 8.08. The van der Waals surface area contributed by atoms with Crippen LogP contribution < -0.4 is 0 Å². The molecule has 0 spiro atoms. The number of rotatable bonds is 7. The second kappa shape index (κ2) is 8.76. The summed E-state index contributed by atoms with van der Waals surface area (Å²) >= 11 is 0. The van der Waals surface area contributed by atoms with Crippen molar-refractivity contribution in [2.45, 2.75) is 19.1 Å². The number of imidazole rings is 1. The summed E-state index contributed by atoms with van der Waals surface area (Å²) in [6, 6.07) is 12.1. The molecule has 0 saturated heterocycles. The third kappa shape index (κ3) is 5.55. The van der Waals surface area contributed by atoms with E-state index in [-0.39, 0.29) is 0 Å². The van der Waals surface area contributed by atoms with Gasteiger partial charge in [0.15, 0.2) is 0 Å². The summed E-state index contributed by atoms with van der Waals surface area (Å²) in [6.07, 6.45) is 17.1. The van der Waals surface area contributed by atoms with E-state index in [4.69, 9.17) is 0 Å².